The van der Waals surface area contributed by atoms with Crippen LogP contribution in [0.25, 0.3) is 11.0 Å². The lowest BCUT2D eigenvalue weighted by Gasteiger charge is -2.13. The average molecular weight is 422 g/mol. The number of aromatic amines is 1. The first kappa shape index (κ1) is 17.8. The molecular formula is C17H16BrN3O3S. The van der Waals surface area contributed by atoms with Crippen LogP contribution in [0.3, 0.4) is 0 Å². The zero-order valence-electron chi connectivity index (χ0n) is 13.4. The van der Waals surface area contributed by atoms with E-state index in [0.717, 1.165) is 4.47 Å². The molecule has 0 saturated heterocycles. The van der Waals surface area contributed by atoms with Crippen LogP contribution < -0.4 is 5.14 Å². The molecule has 3 rings (SSSR count). The Morgan fingerprint density at radius 1 is 1.36 bits per heavy atom. The van der Waals surface area contributed by atoms with E-state index >= 15 is 0 Å². The quantitative estimate of drug-likeness (QED) is 0.616. The number of ketones is 1. The molecule has 0 aliphatic heterocycles. The van der Waals surface area contributed by atoms with Crippen molar-refractivity contribution >= 4 is 42.8 Å². The number of primary sulfonamides is 1. The number of nitrogens with zero attached hydrogens (tertiary/aromatic N) is 1. The van der Waals surface area contributed by atoms with Crippen molar-refractivity contribution < 1.29 is 13.2 Å². The molecule has 0 amide bonds. The van der Waals surface area contributed by atoms with Gasteiger partial charge in [-0.1, -0.05) is 25.1 Å². The summed E-state index contributed by atoms with van der Waals surface area (Å²) in [4.78, 5) is 20.1. The molecule has 0 spiro atoms. The van der Waals surface area contributed by atoms with Crippen LogP contribution in [-0.2, 0) is 10.0 Å². The monoisotopic (exact) mass is 421 g/mol. The molecule has 1 aromatic carbocycles. The fourth-order valence-corrected chi connectivity index (χ4v) is 4.18. The van der Waals surface area contributed by atoms with E-state index in [1.807, 2.05) is 6.07 Å². The standard InChI is InChI=1S/C17H16BrN3O3S/c1-2-15(25(19,23)24)10-4-3-5-11(6-10)16(22)14-9-21-17-13(14)7-12(18)8-20-17/h3-9,15H,2H2,1H3,(H,20,21)(H2,19,23,24). The molecule has 2 aromatic heterocycles. The average Bonchev–Trinajstić information content (AvgIpc) is 2.96. The minimum atomic E-state index is -3.74. The lowest BCUT2D eigenvalue weighted by atomic mass is 10.00. The summed E-state index contributed by atoms with van der Waals surface area (Å²) in [5, 5.41) is 5.17. The number of sulfonamides is 1. The lowest BCUT2D eigenvalue weighted by Crippen LogP contribution is -2.21. The Balaban J connectivity index is 2.06. The molecular weight excluding hydrogens is 406 g/mol. The van der Waals surface area contributed by atoms with Crippen molar-refractivity contribution in [1.29, 1.82) is 0 Å². The minimum Gasteiger partial charge on any atom is -0.345 e. The highest BCUT2D eigenvalue weighted by atomic mass is 79.9. The molecule has 2 heterocycles. The van der Waals surface area contributed by atoms with Gasteiger partial charge >= 0.3 is 0 Å². The number of hydrogen-bond acceptors (Lipinski definition) is 4. The Labute approximate surface area is 153 Å². The summed E-state index contributed by atoms with van der Waals surface area (Å²) in [5.41, 5.74) is 2.00. The highest BCUT2D eigenvalue weighted by molar-refractivity contribution is 9.10. The number of H-pyrrole nitrogens is 1. The van der Waals surface area contributed by atoms with E-state index in [4.69, 9.17) is 5.14 Å². The Hall–Kier alpha value is -2.03. The zero-order chi connectivity index (χ0) is 18.2. The molecule has 130 valence electrons. The first-order valence-corrected chi connectivity index (χ1v) is 10.0. The third-order valence-corrected chi connectivity index (χ3v) is 5.86. The van der Waals surface area contributed by atoms with Crippen LogP contribution in [0.1, 0.15) is 40.1 Å². The number of fused-ring (bicyclic) bond motifs is 1. The van der Waals surface area contributed by atoms with E-state index in [1.54, 1.807) is 43.6 Å². The number of hydrogen-bond donors (Lipinski definition) is 2. The molecule has 0 aliphatic rings. The smallest absolute Gasteiger partial charge is 0.216 e. The second kappa shape index (κ2) is 6.70. The van der Waals surface area contributed by atoms with Crippen LogP contribution in [0.2, 0.25) is 0 Å². The maximum absolute atomic E-state index is 12.9. The SMILES string of the molecule is CCC(c1cccc(C(=O)c2c[nH]c3ncc(Br)cc23)c1)S(N)(=O)=O. The van der Waals surface area contributed by atoms with E-state index in [0.29, 0.717) is 34.1 Å². The van der Waals surface area contributed by atoms with Gasteiger partial charge in [0.1, 0.15) is 5.65 Å². The molecule has 0 radical (unpaired) electrons. The molecule has 1 unspecified atom stereocenters. The largest absolute Gasteiger partial charge is 0.345 e. The van der Waals surface area contributed by atoms with Gasteiger partial charge in [-0.25, -0.2) is 18.5 Å². The summed E-state index contributed by atoms with van der Waals surface area (Å²) < 4.78 is 24.3. The molecule has 25 heavy (non-hydrogen) atoms. The molecule has 3 N–H and O–H groups in total. The summed E-state index contributed by atoms with van der Waals surface area (Å²) in [6, 6.07) is 8.40. The fraction of sp³-hybridized carbons (Fsp3) is 0.176. The van der Waals surface area contributed by atoms with Gasteiger partial charge in [0.25, 0.3) is 0 Å². The third kappa shape index (κ3) is 3.51. The number of nitrogens with one attached hydrogen (secondary N) is 1. The van der Waals surface area contributed by atoms with E-state index in [1.165, 1.54) is 0 Å². The Morgan fingerprint density at radius 2 is 2.12 bits per heavy atom. The first-order chi connectivity index (χ1) is 11.8. The van der Waals surface area contributed by atoms with Gasteiger partial charge in [-0.15, -0.1) is 0 Å². The minimum absolute atomic E-state index is 0.211. The van der Waals surface area contributed by atoms with Crippen LogP contribution in [0.4, 0.5) is 0 Å². The van der Waals surface area contributed by atoms with Crippen molar-refractivity contribution in [3.8, 4) is 0 Å². The second-order valence-corrected chi connectivity index (χ2v) is 8.36. The van der Waals surface area contributed by atoms with E-state index in [2.05, 4.69) is 25.9 Å². The van der Waals surface area contributed by atoms with E-state index < -0.39 is 15.3 Å². The summed E-state index contributed by atoms with van der Waals surface area (Å²) in [6.07, 6.45) is 3.59. The van der Waals surface area contributed by atoms with Crippen LogP contribution in [0.5, 0.6) is 0 Å². The molecule has 0 aliphatic carbocycles. The normalized spacial score (nSPS) is 13.1. The number of benzene rings is 1. The van der Waals surface area contributed by atoms with Crippen LogP contribution in [0.15, 0.2) is 47.2 Å². The molecule has 6 nitrogen and oxygen atoms in total. The maximum atomic E-state index is 12.9. The molecule has 3 aromatic rings. The highest BCUT2D eigenvalue weighted by Crippen LogP contribution is 2.27. The Bertz CT molecular complexity index is 1060. The fourth-order valence-electron chi connectivity index (χ4n) is 2.86. The van der Waals surface area contributed by atoms with Crippen molar-refractivity contribution in [3.05, 3.63) is 63.9 Å². The van der Waals surface area contributed by atoms with Crippen molar-refractivity contribution in [2.45, 2.75) is 18.6 Å². The second-order valence-electron chi connectivity index (χ2n) is 5.69. The number of pyridine rings is 1. The van der Waals surface area contributed by atoms with Gasteiger partial charge in [-0.2, -0.15) is 0 Å². The topological polar surface area (TPSA) is 106 Å². The summed E-state index contributed by atoms with van der Waals surface area (Å²) in [6.45, 7) is 1.74. The predicted molar refractivity (Wildman–Crippen MR) is 99.8 cm³/mol. The van der Waals surface area contributed by atoms with E-state index in [9.17, 15) is 13.2 Å². The molecule has 1 atom stereocenters. The number of aromatic nitrogens is 2. The zero-order valence-corrected chi connectivity index (χ0v) is 15.8. The summed E-state index contributed by atoms with van der Waals surface area (Å²) >= 11 is 3.35. The van der Waals surface area contributed by atoms with Crippen LogP contribution in [-0.4, -0.2) is 24.2 Å². The van der Waals surface area contributed by atoms with Gasteiger partial charge in [0.15, 0.2) is 5.78 Å². The number of halogens is 1. The molecule has 0 saturated carbocycles. The number of carbonyl (C=O) groups is 1. The Morgan fingerprint density at radius 3 is 2.80 bits per heavy atom. The molecule has 8 heteroatoms. The summed E-state index contributed by atoms with van der Waals surface area (Å²) in [7, 11) is -3.74. The first-order valence-electron chi connectivity index (χ1n) is 7.60. The van der Waals surface area contributed by atoms with Crippen molar-refractivity contribution in [3.63, 3.8) is 0 Å². The van der Waals surface area contributed by atoms with Crippen LogP contribution >= 0.6 is 15.9 Å². The van der Waals surface area contributed by atoms with Gasteiger partial charge in [-0.3, -0.25) is 4.79 Å². The van der Waals surface area contributed by atoms with Gasteiger partial charge in [-0.05, 0) is 40.0 Å². The van der Waals surface area contributed by atoms with Gasteiger partial charge in [0.05, 0.1) is 5.25 Å². The number of rotatable bonds is 5. The summed E-state index contributed by atoms with van der Waals surface area (Å²) in [5.74, 6) is -0.211. The van der Waals surface area contributed by atoms with Gasteiger partial charge in [0.2, 0.25) is 10.0 Å². The Kier molecular flexibility index (Phi) is 4.77. The number of nitrogens with two attached hydrogens (primary N) is 1. The molecule has 0 bridgehead atoms. The van der Waals surface area contributed by atoms with E-state index in [-0.39, 0.29) is 5.78 Å². The van der Waals surface area contributed by atoms with Gasteiger partial charge in [0, 0.05) is 33.4 Å². The van der Waals surface area contributed by atoms with Crippen LogP contribution in [0, 0.1) is 0 Å². The maximum Gasteiger partial charge on any atom is 0.216 e. The van der Waals surface area contributed by atoms with Crippen molar-refractivity contribution in [2.75, 3.05) is 0 Å². The van der Waals surface area contributed by atoms with Gasteiger partial charge < -0.3 is 4.98 Å². The number of carbonyl (C=O) groups excluding carboxylic acids is 1. The highest BCUT2D eigenvalue weighted by Gasteiger charge is 2.23. The van der Waals surface area contributed by atoms with Crippen molar-refractivity contribution in [2.24, 2.45) is 5.14 Å². The molecule has 0 fully saturated rings. The predicted octanol–water partition coefficient (Wildman–Crippen LogP) is 3.30. The lowest BCUT2D eigenvalue weighted by molar-refractivity contribution is 0.104. The third-order valence-electron chi connectivity index (χ3n) is 4.03. The van der Waals surface area contributed by atoms with Crippen molar-refractivity contribution in [1.82, 2.24) is 9.97 Å².